The third kappa shape index (κ3) is 1.52. The zero-order chi connectivity index (χ0) is 10.3. The van der Waals surface area contributed by atoms with Crippen molar-refractivity contribution in [3.05, 3.63) is 29.8 Å². The zero-order valence-electron chi connectivity index (χ0n) is 8.62. The van der Waals surface area contributed by atoms with Crippen LogP contribution in [0, 0.1) is 5.92 Å². The predicted molar refractivity (Wildman–Crippen MR) is 63.4 cm³/mol. The number of benzene rings is 1. The monoisotopic (exact) mass is 222 g/mol. The van der Waals surface area contributed by atoms with Gasteiger partial charge in [0.2, 0.25) is 0 Å². The van der Waals surface area contributed by atoms with Crippen molar-refractivity contribution in [1.29, 1.82) is 0 Å². The Hall–Kier alpha value is -0.730. The fourth-order valence-corrected chi connectivity index (χ4v) is 3.07. The lowest BCUT2D eigenvalue weighted by molar-refractivity contribution is 0.500. The van der Waals surface area contributed by atoms with E-state index in [4.69, 9.17) is 11.8 Å². The molecule has 0 radical (unpaired) electrons. The van der Waals surface area contributed by atoms with E-state index in [9.17, 15) is 0 Å². The first-order valence-corrected chi connectivity index (χ1v) is 5.93. The van der Waals surface area contributed by atoms with Crippen molar-refractivity contribution in [2.45, 2.75) is 12.3 Å². The van der Waals surface area contributed by atoms with Crippen molar-refractivity contribution in [1.82, 2.24) is 5.32 Å². The SMILES string of the molecule is ClN1CC[C@@H]2CNC[C@H]2c2ccccc21. The maximum absolute atomic E-state index is 6.28. The fourth-order valence-electron chi connectivity index (χ4n) is 2.82. The van der Waals surface area contributed by atoms with Crippen LogP contribution in [-0.4, -0.2) is 19.6 Å². The number of halogens is 1. The third-order valence-corrected chi connectivity index (χ3v) is 3.98. The Morgan fingerprint density at radius 1 is 1.27 bits per heavy atom. The van der Waals surface area contributed by atoms with E-state index in [2.05, 4.69) is 29.6 Å². The molecule has 2 atom stereocenters. The summed E-state index contributed by atoms with van der Waals surface area (Å²) in [5.41, 5.74) is 2.62. The molecule has 1 fully saturated rings. The quantitative estimate of drug-likeness (QED) is 0.678. The maximum Gasteiger partial charge on any atom is 0.0558 e. The van der Waals surface area contributed by atoms with Crippen LogP contribution in [-0.2, 0) is 0 Å². The van der Waals surface area contributed by atoms with Crippen molar-refractivity contribution in [3.8, 4) is 0 Å². The van der Waals surface area contributed by atoms with E-state index in [-0.39, 0.29) is 0 Å². The maximum atomic E-state index is 6.28. The summed E-state index contributed by atoms with van der Waals surface area (Å²) in [6, 6.07) is 8.53. The molecule has 3 heteroatoms. The van der Waals surface area contributed by atoms with Crippen LogP contribution in [0.4, 0.5) is 5.69 Å². The molecule has 1 saturated heterocycles. The van der Waals surface area contributed by atoms with E-state index in [1.807, 2.05) is 4.42 Å². The van der Waals surface area contributed by atoms with E-state index >= 15 is 0 Å². The third-order valence-electron chi connectivity index (χ3n) is 3.63. The molecule has 0 amide bonds. The van der Waals surface area contributed by atoms with Gasteiger partial charge in [-0.3, -0.25) is 4.42 Å². The Labute approximate surface area is 95.3 Å². The van der Waals surface area contributed by atoms with Gasteiger partial charge in [-0.15, -0.1) is 0 Å². The van der Waals surface area contributed by atoms with Crippen LogP contribution in [0.3, 0.4) is 0 Å². The Bertz CT molecular complexity index is 366. The Morgan fingerprint density at radius 3 is 3.07 bits per heavy atom. The van der Waals surface area contributed by atoms with Crippen molar-refractivity contribution in [3.63, 3.8) is 0 Å². The van der Waals surface area contributed by atoms with Gasteiger partial charge in [0.1, 0.15) is 0 Å². The van der Waals surface area contributed by atoms with Gasteiger partial charge in [-0.1, -0.05) is 18.2 Å². The Kier molecular flexibility index (Phi) is 2.33. The van der Waals surface area contributed by atoms with Crippen molar-refractivity contribution in [2.24, 2.45) is 5.92 Å². The van der Waals surface area contributed by atoms with Crippen molar-refractivity contribution < 1.29 is 0 Å². The molecule has 15 heavy (non-hydrogen) atoms. The van der Waals surface area contributed by atoms with Gasteiger partial charge in [0, 0.05) is 30.8 Å². The number of rotatable bonds is 0. The second-order valence-electron chi connectivity index (χ2n) is 4.46. The first-order valence-electron chi connectivity index (χ1n) is 5.59. The molecular weight excluding hydrogens is 208 g/mol. The molecule has 2 heterocycles. The lowest BCUT2D eigenvalue weighted by Gasteiger charge is -2.18. The standard InChI is InChI=1S/C12H15ClN2/c13-15-6-5-9-7-14-8-11(9)10-3-1-2-4-12(10)15/h1-4,9,11,14H,5-8H2/t9-,11-/m1/s1. The molecule has 2 nitrogen and oxygen atoms in total. The van der Waals surface area contributed by atoms with E-state index in [0.29, 0.717) is 5.92 Å². The molecule has 80 valence electrons. The number of hydrogen-bond acceptors (Lipinski definition) is 2. The highest BCUT2D eigenvalue weighted by molar-refractivity contribution is 6.25. The summed E-state index contributed by atoms with van der Waals surface area (Å²) in [5.74, 6) is 1.42. The summed E-state index contributed by atoms with van der Waals surface area (Å²) in [5, 5.41) is 3.49. The van der Waals surface area contributed by atoms with E-state index in [1.54, 1.807) is 0 Å². The summed E-state index contributed by atoms with van der Waals surface area (Å²) in [7, 11) is 0. The molecule has 0 aromatic heterocycles. The summed E-state index contributed by atoms with van der Waals surface area (Å²) in [6.45, 7) is 3.21. The van der Waals surface area contributed by atoms with E-state index in [1.165, 1.54) is 17.7 Å². The van der Waals surface area contributed by atoms with Crippen LogP contribution < -0.4 is 9.74 Å². The Morgan fingerprint density at radius 2 is 2.13 bits per heavy atom. The molecule has 0 bridgehead atoms. The minimum atomic E-state index is 0.657. The molecule has 1 aromatic rings. The van der Waals surface area contributed by atoms with Gasteiger partial charge in [0.15, 0.2) is 0 Å². The van der Waals surface area contributed by atoms with Gasteiger partial charge in [0.05, 0.1) is 5.69 Å². The number of para-hydroxylation sites is 1. The van der Waals surface area contributed by atoms with Gasteiger partial charge < -0.3 is 5.32 Å². The number of hydrogen-bond donors (Lipinski definition) is 1. The average Bonchev–Trinajstić information content (AvgIpc) is 2.69. The van der Waals surface area contributed by atoms with Crippen LogP contribution in [0.1, 0.15) is 17.9 Å². The summed E-state index contributed by atoms with van der Waals surface area (Å²) in [4.78, 5) is 0. The topological polar surface area (TPSA) is 15.3 Å². The molecule has 2 aliphatic rings. The largest absolute Gasteiger partial charge is 0.316 e. The normalized spacial score (nSPS) is 29.5. The summed E-state index contributed by atoms with van der Waals surface area (Å²) >= 11 is 6.28. The number of anilines is 1. The highest BCUT2D eigenvalue weighted by Gasteiger charge is 2.33. The first kappa shape index (κ1) is 9.49. The van der Waals surface area contributed by atoms with Gasteiger partial charge in [0.25, 0.3) is 0 Å². The molecule has 2 aliphatic heterocycles. The molecule has 0 unspecified atom stereocenters. The van der Waals surface area contributed by atoms with Gasteiger partial charge in [-0.25, -0.2) is 0 Å². The highest BCUT2D eigenvalue weighted by Crippen LogP contribution is 2.39. The van der Waals surface area contributed by atoms with Crippen LogP contribution >= 0.6 is 11.8 Å². The first-order chi connectivity index (χ1) is 7.36. The van der Waals surface area contributed by atoms with Crippen LogP contribution in [0.2, 0.25) is 0 Å². The molecular formula is C12H15ClN2. The second-order valence-corrected chi connectivity index (χ2v) is 4.87. The van der Waals surface area contributed by atoms with Gasteiger partial charge >= 0.3 is 0 Å². The number of nitrogens with one attached hydrogen (secondary N) is 1. The molecule has 0 spiro atoms. The van der Waals surface area contributed by atoms with E-state index in [0.717, 1.165) is 25.6 Å². The fraction of sp³-hybridized carbons (Fsp3) is 0.500. The minimum Gasteiger partial charge on any atom is -0.316 e. The lowest BCUT2D eigenvalue weighted by Crippen LogP contribution is -2.15. The second kappa shape index (κ2) is 3.69. The van der Waals surface area contributed by atoms with E-state index < -0.39 is 0 Å². The zero-order valence-corrected chi connectivity index (χ0v) is 9.37. The molecule has 3 rings (SSSR count). The predicted octanol–water partition coefficient (Wildman–Crippen LogP) is 2.35. The number of fused-ring (bicyclic) bond motifs is 3. The van der Waals surface area contributed by atoms with Crippen molar-refractivity contribution >= 4 is 17.5 Å². The summed E-state index contributed by atoms with van der Waals surface area (Å²) < 4.78 is 1.88. The van der Waals surface area contributed by atoms with Crippen LogP contribution in [0.25, 0.3) is 0 Å². The summed E-state index contributed by atoms with van der Waals surface area (Å²) in [6.07, 6.45) is 1.19. The van der Waals surface area contributed by atoms with Crippen LogP contribution in [0.15, 0.2) is 24.3 Å². The average molecular weight is 223 g/mol. The smallest absolute Gasteiger partial charge is 0.0558 e. The lowest BCUT2D eigenvalue weighted by atomic mass is 9.87. The van der Waals surface area contributed by atoms with Crippen molar-refractivity contribution in [2.75, 3.05) is 24.1 Å². The Balaban J connectivity index is 2.07. The molecule has 1 aromatic carbocycles. The molecule has 1 N–H and O–H groups in total. The highest BCUT2D eigenvalue weighted by atomic mass is 35.5. The minimum absolute atomic E-state index is 0.657. The molecule has 0 aliphatic carbocycles. The van der Waals surface area contributed by atoms with Gasteiger partial charge in [-0.05, 0) is 30.5 Å². The number of nitrogens with zero attached hydrogens (tertiary/aromatic N) is 1. The van der Waals surface area contributed by atoms with Gasteiger partial charge in [-0.2, -0.15) is 0 Å². The molecule has 0 saturated carbocycles. The van der Waals surface area contributed by atoms with Crippen LogP contribution in [0.5, 0.6) is 0 Å².